The zero-order valence-corrected chi connectivity index (χ0v) is 50.4. The first-order valence-corrected chi connectivity index (χ1v) is 29.4. The molecule has 0 radical (unpaired) electrons. The number of carbonyl (C=O) groups excluding carboxylic acids is 10. The molecule has 0 aromatic heterocycles. The van der Waals surface area contributed by atoms with Crippen LogP contribution in [0.5, 0.6) is 0 Å². The number of hydrogen-bond acceptors (Lipinski definition) is 20. The number of carbonyl (C=O) groups is 10. The van der Waals surface area contributed by atoms with E-state index in [2.05, 4.69) is 0 Å². The van der Waals surface area contributed by atoms with Crippen molar-refractivity contribution in [2.45, 2.75) is 260 Å². The molecule has 20 heteroatoms. The minimum atomic E-state index is -1.64. The second-order valence-corrected chi connectivity index (χ2v) is 21.1. The molecule has 20 nitrogen and oxygen atoms in total. The van der Waals surface area contributed by atoms with Crippen LogP contribution in [0.15, 0.2) is 36.4 Å². The van der Waals surface area contributed by atoms with Crippen molar-refractivity contribution in [2.24, 2.45) is 0 Å². The van der Waals surface area contributed by atoms with Crippen LogP contribution in [0.3, 0.4) is 0 Å². The Hall–Kier alpha value is -6.86. The molecular weight excluding hydrogens is 1060 g/mol. The minimum Gasteiger partial charge on any atom is -0.432 e. The maximum Gasteiger partial charge on any atom is 0.509 e. The van der Waals surface area contributed by atoms with Crippen molar-refractivity contribution < 1.29 is 95.6 Å². The molecule has 0 aliphatic heterocycles. The van der Waals surface area contributed by atoms with Crippen LogP contribution in [0.2, 0.25) is 0 Å². The van der Waals surface area contributed by atoms with E-state index in [0.717, 1.165) is 63.5 Å². The van der Waals surface area contributed by atoms with Crippen LogP contribution < -0.4 is 0 Å². The lowest BCUT2D eigenvalue weighted by atomic mass is 9.88. The summed E-state index contributed by atoms with van der Waals surface area (Å²) >= 11 is 0. The highest BCUT2D eigenvalue weighted by Gasteiger charge is 2.39. The zero-order chi connectivity index (χ0) is 61.3. The molecule has 458 valence electrons. The second-order valence-electron chi connectivity index (χ2n) is 21.1. The molecule has 2 rings (SSSR count). The van der Waals surface area contributed by atoms with E-state index >= 15 is 9.59 Å². The van der Waals surface area contributed by atoms with Crippen molar-refractivity contribution in [3.05, 3.63) is 69.8 Å². The Morgan fingerprint density at radius 3 is 0.768 bits per heavy atom. The fourth-order valence-electron chi connectivity index (χ4n) is 8.57. The van der Waals surface area contributed by atoms with E-state index in [4.69, 9.17) is 47.7 Å². The molecule has 0 fully saturated rings. The Bertz CT molecular complexity index is 2220. The average Bonchev–Trinajstić information content (AvgIpc) is 3.61. The monoisotopic (exact) mass is 1150 g/mol. The third kappa shape index (κ3) is 25.5. The first-order valence-electron chi connectivity index (χ1n) is 29.4. The van der Waals surface area contributed by atoms with Gasteiger partial charge in [0.15, 0.2) is 24.4 Å². The van der Waals surface area contributed by atoms with Crippen LogP contribution >= 0.6 is 0 Å². The van der Waals surface area contributed by atoms with Crippen LogP contribution in [0.1, 0.15) is 274 Å². The molecule has 2 aromatic rings. The van der Waals surface area contributed by atoms with Gasteiger partial charge in [-0.25, -0.2) is 38.5 Å². The summed E-state index contributed by atoms with van der Waals surface area (Å²) in [5.41, 5.74) is -3.45. The Labute approximate surface area is 483 Å². The quantitative estimate of drug-likeness (QED) is 0.0151. The van der Waals surface area contributed by atoms with Crippen LogP contribution in [0.4, 0.5) is 19.2 Å². The second kappa shape index (κ2) is 38.8. The molecule has 0 saturated carbocycles. The molecule has 0 aliphatic carbocycles. The molecular formula is C62H90O20. The van der Waals surface area contributed by atoms with Crippen LogP contribution in [0, 0.1) is 0 Å². The smallest absolute Gasteiger partial charge is 0.432 e. The van der Waals surface area contributed by atoms with Gasteiger partial charge in [-0.05, 0) is 119 Å². The van der Waals surface area contributed by atoms with Gasteiger partial charge in [-0.1, -0.05) is 129 Å². The van der Waals surface area contributed by atoms with Crippen molar-refractivity contribution >= 4 is 59.7 Å². The van der Waals surface area contributed by atoms with Gasteiger partial charge in [-0.3, -0.25) is 19.2 Å². The van der Waals surface area contributed by atoms with Gasteiger partial charge < -0.3 is 37.9 Å². The van der Waals surface area contributed by atoms with Crippen molar-refractivity contribution in [2.75, 3.05) is 0 Å². The van der Waals surface area contributed by atoms with E-state index < -0.39 is 142 Å². The van der Waals surface area contributed by atoms with E-state index in [9.17, 15) is 38.4 Å². The Morgan fingerprint density at radius 2 is 0.537 bits per heavy atom. The highest BCUT2D eigenvalue weighted by atomic mass is 17.2. The van der Waals surface area contributed by atoms with Gasteiger partial charge in [0.2, 0.25) is 23.1 Å². The molecule has 0 aliphatic rings. The third-order valence-corrected chi connectivity index (χ3v) is 12.5. The number of Topliss-reactive ketones (excluding diaryl/α,β-unsaturated/α-hetero) is 4. The van der Waals surface area contributed by atoms with E-state index in [1.54, 1.807) is 55.4 Å². The molecule has 0 heterocycles. The van der Waals surface area contributed by atoms with Gasteiger partial charge in [0.25, 0.3) is 0 Å². The lowest BCUT2D eigenvalue weighted by molar-refractivity contribution is -0.187. The van der Waals surface area contributed by atoms with Gasteiger partial charge in [-0.15, -0.1) is 0 Å². The summed E-state index contributed by atoms with van der Waals surface area (Å²) < 4.78 is 43.2. The number of benzene rings is 2. The Morgan fingerprint density at radius 1 is 0.305 bits per heavy atom. The molecule has 0 saturated heterocycles. The summed E-state index contributed by atoms with van der Waals surface area (Å²) in [4.78, 5) is 151. The minimum absolute atomic E-state index is 0.0104. The van der Waals surface area contributed by atoms with E-state index in [-0.39, 0.29) is 25.7 Å². The highest BCUT2D eigenvalue weighted by molar-refractivity contribution is 6.18. The van der Waals surface area contributed by atoms with E-state index in [0.29, 0.717) is 51.4 Å². The van der Waals surface area contributed by atoms with Crippen LogP contribution in [-0.4, -0.2) is 109 Å². The van der Waals surface area contributed by atoms with E-state index in [1.807, 2.05) is 27.7 Å². The van der Waals surface area contributed by atoms with Gasteiger partial charge in [0.05, 0.1) is 35.5 Å². The summed E-state index contributed by atoms with van der Waals surface area (Å²) in [5, 5.41) is 0. The highest BCUT2D eigenvalue weighted by Crippen LogP contribution is 2.29. The summed E-state index contributed by atoms with van der Waals surface area (Å²) in [7, 11) is 0. The Balaban J connectivity index is 2.98. The van der Waals surface area contributed by atoms with Crippen molar-refractivity contribution in [3.63, 3.8) is 0 Å². The standard InChI is InChI=1S/C62H90O20/c1-13-17-21-25-35-47(77-59(69)73-39(5)6)53(63)43-31-29-33-45(51(43)55(65)49(37-27-23-19-15-3)79-61(71)75-41(9)10)57(67)81-82-58(68)46-34-30-32-44(54(64)48(36-26-22-18-14-2)78-60(70)74-40(7)8)52(46)56(66)50(38-28-24-20-16-4)80-62(72)76-42(11)12/h29-34,39-42,47-50H,13-28,35-38H2,1-12H3. The summed E-state index contributed by atoms with van der Waals surface area (Å²) in [6.07, 6.45) is -3.33. The normalized spacial score (nSPS) is 12.6. The van der Waals surface area contributed by atoms with Crippen LogP contribution in [0.25, 0.3) is 0 Å². The summed E-state index contributed by atoms with van der Waals surface area (Å²) in [6, 6.07) is 7.11. The average molecular weight is 1160 g/mol. The fraction of sp³-hybridized carbons (Fsp3) is 0.645. The van der Waals surface area contributed by atoms with E-state index in [1.165, 1.54) is 24.3 Å². The summed E-state index contributed by atoms with van der Waals surface area (Å²) in [6.45, 7) is 20.5. The molecule has 0 N–H and O–H groups in total. The number of ketones is 4. The van der Waals surface area contributed by atoms with Crippen molar-refractivity contribution in [1.82, 2.24) is 0 Å². The molecule has 0 amide bonds. The molecule has 4 atom stereocenters. The lowest BCUT2D eigenvalue weighted by Gasteiger charge is -2.23. The maximum absolute atomic E-state index is 15.0. The largest absolute Gasteiger partial charge is 0.509 e. The van der Waals surface area contributed by atoms with Crippen LogP contribution in [-0.2, 0) is 47.7 Å². The molecule has 2 aromatic carbocycles. The number of ether oxygens (including phenoxy) is 8. The molecule has 4 unspecified atom stereocenters. The topological polar surface area (TPSA) is 263 Å². The predicted octanol–water partition coefficient (Wildman–Crippen LogP) is 14.9. The Kier molecular flexibility index (Phi) is 33.7. The SMILES string of the molecule is CCCCCCC(OC(=O)OC(C)C)C(=O)c1cccc(C(=O)OOC(=O)c2cccc(C(=O)C(CCCCCC)OC(=O)OC(C)C)c2C(=O)C(CCCCCC)OC(=O)OC(C)C)c1C(=O)C(CCCCCC)OC(=O)OC(C)C. The van der Waals surface area contributed by atoms with Crippen molar-refractivity contribution in [1.29, 1.82) is 0 Å². The van der Waals surface area contributed by atoms with Gasteiger partial charge in [0.1, 0.15) is 0 Å². The number of hydrogen-bond donors (Lipinski definition) is 0. The van der Waals surface area contributed by atoms with Crippen molar-refractivity contribution in [3.8, 4) is 0 Å². The number of unbranched alkanes of at least 4 members (excludes halogenated alkanes) is 12. The maximum atomic E-state index is 15.0. The summed E-state index contributed by atoms with van der Waals surface area (Å²) in [5.74, 6) is -6.98. The fourth-order valence-corrected chi connectivity index (χ4v) is 8.57. The molecule has 0 bridgehead atoms. The lowest BCUT2D eigenvalue weighted by Crippen LogP contribution is -2.35. The van der Waals surface area contributed by atoms with Gasteiger partial charge in [0, 0.05) is 22.3 Å². The third-order valence-electron chi connectivity index (χ3n) is 12.5. The molecule has 0 spiro atoms. The molecule has 82 heavy (non-hydrogen) atoms. The van der Waals surface area contributed by atoms with Gasteiger partial charge in [-0.2, -0.15) is 0 Å². The zero-order valence-electron chi connectivity index (χ0n) is 50.4. The first-order chi connectivity index (χ1) is 39.0. The first kappa shape index (κ1) is 71.2. The van der Waals surface area contributed by atoms with Gasteiger partial charge >= 0.3 is 36.6 Å². The predicted molar refractivity (Wildman–Crippen MR) is 302 cm³/mol. The number of rotatable bonds is 38.